The predicted molar refractivity (Wildman–Crippen MR) is 463 cm³/mol. The zero-order valence-corrected chi connectivity index (χ0v) is 80.0. The highest BCUT2D eigenvalue weighted by atomic mass is 35.5. The van der Waals surface area contributed by atoms with Crippen molar-refractivity contribution in [1.29, 1.82) is 0 Å². The lowest BCUT2D eigenvalue weighted by Crippen LogP contribution is -2.61. The van der Waals surface area contributed by atoms with Gasteiger partial charge in [0.25, 0.3) is 0 Å². The standard InChI is InChI=1S/C40H60Cl2N12O20.C38H56Cl2N12O19/c1-2-66-4-3-51-5-20(45-47-51)15-68-37-34(63)32(61)28(57)23(71-37)10-53-8-21(46-50-53)16-69-38-35(64)31(60)27(56)22(70-38)9-52-6-18(43-48-52)13-67-14-19-7-54(49-44-19)11-24-29(58)36(65)40(17-41,73-24)74-39-33(62)30(59)26(42)25(12-55)72-39;1-2-49-3-18(43-45-49)13-65-35-32(61)30(59)26(55)21(68-35)8-51-6-19(44-48-51)14-66-36-33(62)29(58)25(54)20(67-36)7-50-4-16(41-46-50)11-64-12-17-5-52(47-42-17)9-22-27(56)34(63)38(15-39,70-22)71-37-31(60)28(57)24(40)23(10-53)69-37/h5-8,22-39,55-65H,2-4,9-17H2,1H3;3-6,20-37,53-63H,2,7-15H2,1H3/t22-,23-,24-,25-,26+,27+,28+,29-,30+,31+,32+,33-,34+,35+,36+,37-,38-,39+,40+;20-,21-,22-,23-,24-,25-,26-,27-,28+,29+,30-,31-,32-,33+,34+,35+,36+,37-,38+/m10/s1. The summed E-state index contributed by atoms with van der Waals surface area (Å²) in [4.78, 5) is 0. The van der Waals surface area contributed by atoms with Crippen LogP contribution in [0.3, 0.4) is 0 Å². The Balaban J connectivity index is 0.000000218. The van der Waals surface area contributed by atoms with E-state index in [0.29, 0.717) is 60.5 Å². The van der Waals surface area contributed by atoms with E-state index in [0.717, 1.165) is 0 Å². The summed E-state index contributed by atoms with van der Waals surface area (Å²) in [5.41, 5.74) is 2.78. The summed E-state index contributed by atoms with van der Waals surface area (Å²) in [6.07, 6.45) is -38.2. The molecule has 0 saturated carbocycles. The highest BCUT2D eigenvalue weighted by Crippen LogP contribution is 2.42. The van der Waals surface area contributed by atoms with Crippen molar-refractivity contribution in [2.45, 2.75) is 350 Å². The summed E-state index contributed by atoms with van der Waals surface area (Å²) in [6.45, 7) is 2.73. The molecule has 0 aromatic carbocycles. The third kappa shape index (κ3) is 26.5. The Labute approximate surface area is 838 Å². The predicted octanol–water partition coefficient (Wildman–Crippen LogP) is -14.1. The smallest absolute Gasteiger partial charge is 0.214 e. The maximum Gasteiger partial charge on any atom is 0.214 e. The van der Waals surface area contributed by atoms with Gasteiger partial charge in [-0.05, 0) is 13.8 Å². The number of hydrogen-bond acceptors (Lipinski definition) is 55. The molecule has 0 amide bonds. The molecule has 810 valence electrons. The topological polar surface area (TPSA) is 848 Å². The van der Waals surface area contributed by atoms with Crippen molar-refractivity contribution in [3.8, 4) is 0 Å². The molecule has 0 unspecified atom stereocenters. The number of hydrogen-bond donors (Lipinski definition) is 22. The molecule has 8 aliphatic rings. The molecular weight excluding hydrogens is 2040 g/mol. The minimum absolute atomic E-state index is 0.0565. The van der Waals surface area contributed by atoms with Crippen molar-refractivity contribution in [3.05, 3.63) is 95.1 Å². The number of aliphatic hydroxyl groups excluding tert-OH is 22. The van der Waals surface area contributed by atoms with Gasteiger partial charge in [0, 0.05) is 13.2 Å². The molecule has 16 rings (SSSR count). The molecule has 8 fully saturated rings. The van der Waals surface area contributed by atoms with E-state index in [1.807, 2.05) is 13.8 Å². The highest BCUT2D eigenvalue weighted by Gasteiger charge is 2.61. The monoisotopic (exact) mass is 2150 g/mol. The van der Waals surface area contributed by atoms with Crippen LogP contribution in [0.2, 0.25) is 0 Å². The molecule has 0 radical (unpaired) electrons. The molecule has 145 heavy (non-hydrogen) atoms. The Kier molecular flexibility index (Phi) is 38.8. The molecule has 8 aromatic heterocycles. The number of rotatable bonds is 45. The Bertz CT molecular complexity index is 5280. The maximum absolute atomic E-state index is 10.9. The fourth-order valence-electron chi connectivity index (χ4n) is 16.6. The van der Waals surface area contributed by atoms with Crippen molar-refractivity contribution in [2.75, 3.05) is 38.2 Å². The first-order valence-electron chi connectivity index (χ1n) is 45.7. The fourth-order valence-corrected chi connectivity index (χ4v) is 17.8. The van der Waals surface area contributed by atoms with E-state index < -0.39 is 256 Å². The second-order valence-corrected chi connectivity index (χ2v) is 36.8. The van der Waals surface area contributed by atoms with E-state index >= 15 is 0 Å². The summed E-state index contributed by atoms with van der Waals surface area (Å²) < 4.78 is 108. The minimum atomic E-state index is -2.11. The number of aromatic nitrogens is 24. The molecular formula is C78H116Cl4N24O39. The van der Waals surface area contributed by atoms with E-state index in [1.165, 1.54) is 65.3 Å². The van der Waals surface area contributed by atoms with Crippen molar-refractivity contribution < 1.29 is 193 Å². The molecule has 8 aliphatic heterocycles. The molecule has 63 nitrogen and oxygen atoms in total. The van der Waals surface area contributed by atoms with Crippen molar-refractivity contribution in [3.63, 3.8) is 0 Å². The number of alkyl halides is 4. The van der Waals surface area contributed by atoms with Crippen LogP contribution in [0.15, 0.2) is 49.6 Å². The molecule has 0 bridgehead atoms. The van der Waals surface area contributed by atoms with Crippen molar-refractivity contribution >= 4 is 46.4 Å². The third-order valence-electron chi connectivity index (χ3n) is 24.8. The lowest BCUT2D eigenvalue weighted by molar-refractivity contribution is -0.359. The number of nitrogens with zero attached hydrogens (tertiary/aromatic N) is 24. The zero-order chi connectivity index (χ0) is 104. The molecule has 8 saturated heterocycles. The summed E-state index contributed by atoms with van der Waals surface area (Å²) in [7, 11) is 0. The fraction of sp³-hybridized carbons (Fsp3) is 0.795. The Hall–Kier alpha value is -7.28. The van der Waals surface area contributed by atoms with Gasteiger partial charge in [0.2, 0.25) is 11.6 Å². The first-order chi connectivity index (χ1) is 69.5. The van der Waals surface area contributed by atoms with Gasteiger partial charge in [-0.15, -0.1) is 87.2 Å². The van der Waals surface area contributed by atoms with Crippen LogP contribution in [-0.2, 0) is 186 Å². The number of aryl methyl sites for hydroxylation is 1. The molecule has 38 atom stereocenters. The summed E-state index contributed by atoms with van der Waals surface area (Å²) in [5.74, 6) is -5.30. The van der Waals surface area contributed by atoms with E-state index in [9.17, 15) is 112 Å². The van der Waals surface area contributed by atoms with Gasteiger partial charge < -0.3 is 193 Å². The first-order valence-corrected chi connectivity index (χ1v) is 47.6. The van der Waals surface area contributed by atoms with Gasteiger partial charge in [0.15, 0.2) is 37.7 Å². The van der Waals surface area contributed by atoms with Crippen LogP contribution < -0.4 is 0 Å². The molecule has 67 heteroatoms. The summed E-state index contributed by atoms with van der Waals surface area (Å²) in [5, 5.41) is 294. The lowest BCUT2D eigenvalue weighted by atomic mass is 9.99. The van der Waals surface area contributed by atoms with Gasteiger partial charge in [-0.25, -0.2) is 32.8 Å². The Morgan fingerprint density at radius 2 is 0.524 bits per heavy atom. The third-order valence-corrected chi connectivity index (χ3v) is 26.6. The van der Waals surface area contributed by atoms with Crippen LogP contribution in [-0.4, -0.2) is 501 Å². The number of ether oxygens (including phenoxy) is 17. The average Bonchev–Trinajstić information content (AvgIpc) is 1.62. The van der Waals surface area contributed by atoms with Crippen LogP contribution in [0.25, 0.3) is 0 Å². The normalized spacial score (nSPS) is 37.2. The lowest BCUT2D eigenvalue weighted by Gasteiger charge is -2.43. The minimum Gasteiger partial charge on any atom is -0.394 e. The zero-order valence-electron chi connectivity index (χ0n) is 77.0. The van der Waals surface area contributed by atoms with Gasteiger partial charge in [0.1, 0.15) is 216 Å². The second-order valence-electron chi connectivity index (χ2n) is 35.2. The average molecular weight is 2160 g/mol. The molecule has 16 heterocycles. The van der Waals surface area contributed by atoms with Crippen LogP contribution in [0, 0.1) is 0 Å². The summed E-state index contributed by atoms with van der Waals surface area (Å²) in [6, 6.07) is 0. The van der Waals surface area contributed by atoms with Crippen LogP contribution >= 0.6 is 46.4 Å². The van der Waals surface area contributed by atoms with Gasteiger partial charge in [-0.3, -0.25) is 4.68 Å². The van der Waals surface area contributed by atoms with Gasteiger partial charge >= 0.3 is 0 Å². The van der Waals surface area contributed by atoms with E-state index in [2.05, 4.69) is 82.5 Å². The number of aliphatic hydroxyl groups is 22. The quantitative estimate of drug-likeness (QED) is 0.0124. The largest absolute Gasteiger partial charge is 0.394 e. The SMILES string of the molecule is CCOCCn1cc(CO[C@@H]2O[C@H](Cn3cc(CO[C@@H]4O[C@H](Cn5cc(COCc6cn(C[C@H]7O[C@@](CCl)(O[C@@H]8O[C@H](CO)[C@H](Cl)[C@H](O)[C@H]8O)[C@@H](O)[C@@H]7O)nn6)nn5)[C@H](O)[C@H](O)[C@@H]4O)nn3)[C@H](O)[C@H](O)[C@@H]2O)nn1.CCn1cc(CO[C@@H]2O[C@@H](Cn3cc(CO[C@@H]4O[C@@H](Cn5cc(COCc6cn(C[C@@H]7O[C@](CCl)(O[C@@H]8O[C@@H](CO)[C@H](Cl)[C@@H](O)[C@@H]8O)[C@H](O)[C@H]7O)nn6)nn5)[C@H](O)[C@@H](O)[C@H]4O)nn3)[C@H](O)[C@H](O)[C@@H]2O)nn1. The molecule has 0 aliphatic carbocycles. The van der Waals surface area contributed by atoms with Gasteiger partial charge in [-0.1, -0.05) is 41.7 Å². The van der Waals surface area contributed by atoms with Crippen LogP contribution in [0.1, 0.15) is 59.4 Å². The molecule has 8 aromatic rings. The highest BCUT2D eigenvalue weighted by molar-refractivity contribution is 6.22. The van der Waals surface area contributed by atoms with Gasteiger partial charge in [-0.2, -0.15) is 0 Å². The number of halogens is 4. The van der Waals surface area contributed by atoms with Crippen LogP contribution in [0.4, 0.5) is 0 Å². The van der Waals surface area contributed by atoms with E-state index in [4.69, 9.17) is 127 Å². The maximum atomic E-state index is 10.9. The van der Waals surface area contributed by atoms with E-state index in [-0.39, 0.29) is 104 Å². The molecule has 22 N–H and O–H groups in total. The van der Waals surface area contributed by atoms with Gasteiger partial charge in [0.05, 0.1) is 191 Å². The Morgan fingerprint density at radius 3 is 0.786 bits per heavy atom. The van der Waals surface area contributed by atoms with Crippen molar-refractivity contribution in [2.24, 2.45) is 0 Å². The van der Waals surface area contributed by atoms with Crippen LogP contribution in [0.5, 0.6) is 0 Å². The summed E-state index contributed by atoms with van der Waals surface area (Å²) >= 11 is 24.4. The first kappa shape index (κ1) is 112. The van der Waals surface area contributed by atoms with Crippen molar-refractivity contribution in [1.82, 2.24) is 120 Å². The molecule has 0 spiro atoms. The van der Waals surface area contributed by atoms with E-state index in [1.54, 1.807) is 21.8 Å². The second kappa shape index (κ2) is 50.3. The Morgan fingerprint density at radius 1 is 0.283 bits per heavy atom.